The minimum atomic E-state index is -3.26. The molecule has 2 aromatic carbocycles. The molecule has 36 heavy (non-hydrogen) atoms. The first-order chi connectivity index (χ1) is 17.4. The Kier molecular flexibility index (Phi) is 7.87. The molecule has 3 fully saturated rings. The molecule has 0 spiro atoms. The molecule has 1 aliphatic carbocycles. The summed E-state index contributed by atoms with van der Waals surface area (Å²) in [4.78, 5) is 2.52. The molecule has 2 heterocycles. The molecule has 196 valence electrons. The second-order valence-electron chi connectivity index (χ2n) is 11.1. The fraction of sp³-hybridized carbons (Fsp3) is 0.600. The van der Waals surface area contributed by atoms with Gasteiger partial charge in [0.25, 0.3) is 0 Å². The number of hydrogen-bond acceptors (Lipinski definition) is 4. The van der Waals surface area contributed by atoms with Crippen molar-refractivity contribution in [2.45, 2.75) is 82.0 Å². The molecule has 5 nitrogen and oxygen atoms in total. The minimum Gasteiger partial charge on any atom is -0.383 e. The summed E-state index contributed by atoms with van der Waals surface area (Å²) in [6.45, 7) is 7.31. The Hall–Kier alpha value is -1.73. The number of methoxy groups -OCH3 is 1. The van der Waals surface area contributed by atoms with Crippen LogP contribution in [0.1, 0.15) is 67.6 Å². The van der Waals surface area contributed by atoms with Gasteiger partial charge in [-0.05, 0) is 73.9 Å². The first kappa shape index (κ1) is 25.9. The summed E-state index contributed by atoms with van der Waals surface area (Å²) >= 11 is 0. The van der Waals surface area contributed by atoms with Gasteiger partial charge in [-0.2, -0.15) is 0 Å². The number of benzene rings is 2. The number of aryl methyl sites for hydroxylation is 1. The summed E-state index contributed by atoms with van der Waals surface area (Å²) in [7, 11) is -1.48. The Morgan fingerprint density at radius 2 is 1.64 bits per heavy atom. The molecule has 2 aliphatic heterocycles. The minimum absolute atomic E-state index is 0.190. The lowest BCUT2D eigenvalue weighted by Gasteiger charge is -2.57. The highest BCUT2D eigenvalue weighted by Gasteiger charge is 2.51. The van der Waals surface area contributed by atoms with Crippen LogP contribution in [0.25, 0.3) is 11.1 Å². The Morgan fingerprint density at radius 1 is 0.917 bits per heavy atom. The van der Waals surface area contributed by atoms with E-state index in [1.54, 1.807) is 7.11 Å². The second-order valence-corrected chi connectivity index (χ2v) is 13.3. The molecule has 0 N–H and O–H groups in total. The number of sulfonamides is 1. The van der Waals surface area contributed by atoms with Gasteiger partial charge in [-0.25, -0.2) is 12.7 Å². The fourth-order valence-electron chi connectivity index (χ4n) is 6.81. The lowest BCUT2D eigenvalue weighted by atomic mass is 9.74. The van der Waals surface area contributed by atoms with Gasteiger partial charge in [-0.3, -0.25) is 4.90 Å². The van der Waals surface area contributed by atoms with Crippen LogP contribution in [0.2, 0.25) is 0 Å². The molecule has 2 saturated heterocycles. The van der Waals surface area contributed by atoms with Crippen molar-refractivity contribution < 1.29 is 13.2 Å². The van der Waals surface area contributed by atoms with Crippen molar-refractivity contribution in [1.29, 1.82) is 0 Å². The van der Waals surface area contributed by atoms with E-state index in [1.807, 2.05) is 4.31 Å². The predicted octanol–water partition coefficient (Wildman–Crippen LogP) is 5.51. The first-order valence-electron chi connectivity index (χ1n) is 13.8. The van der Waals surface area contributed by atoms with Gasteiger partial charge in [0.05, 0.1) is 11.9 Å². The lowest BCUT2D eigenvalue weighted by Crippen LogP contribution is -2.68. The standard InChI is InChI=1S/C30H42N2O3S/c1-22-10-9-13-27(23(22)2)24-14-16-25(17-15-24)30-28-20-31(36(33,34)26-11-5-4-6-12-26)18-7-8-19-32(28)29(30)21-35-3/h9-10,13-17,26,28-30H,4-8,11-12,18-21H2,1-3H3/t28-,29?,30-/m0/s1. The van der Waals surface area contributed by atoms with E-state index in [-0.39, 0.29) is 17.2 Å². The maximum Gasteiger partial charge on any atom is 0.217 e. The van der Waals surface area contributed by atoms with Crippen molar-refractivity contribution >= 4 is 10.0 Å². The van der Waals surface area contributed by atoms with Crippen LogP contribution in [0, 0.1) is 13.8 Å². The number of rotatable bonds is 6. The molecule has 3 aliphatic rings. The van der Waals surface area contributed by atoms with Crippen molar-refractivity contribution in [1.82, 2.24) is 9.21 Å². The van der Waals surface area contributed by atoms with E-state index in [2.05, 4.69) is 61.2 Å². The number of nitrogens with zero attached hydrogens (tertiary/aromatic N) is 2. The lowest BCUT2D eigenvalue weighted by molar-refractivity contribution is -0.0635. The van der Waals surface area contributed by atoms with Gasteiger partial charge in [-0.15, -0.1) is 0 Å². The monoisotopic (exact) mass is 510 g/mol. The third-order valence-electron chi connectivity index (χ3n) is 9.03. The Morgan fingerprint density at radius 3 is 2.36 bits per heavy atom. The highest BCUT2D eigenvalue weighted by Crippen LogP contribution is 2.43. The average molecular weight is 511 g/mol. The van der Waals surface area contributed by atoms with Crippen molar-refractivity contribution in [3.63, 3.8) is 0 Å². The van der Waals surface area contributed by atoms with Crippen LogP contribution in [-0.2, 0) is 14.8 Å². The molecule has 0 bridgehead atoms. The number of ether oxygens (including phenoxy) is 1. The van der Waals surface area contributed by atoms with Crippen LogP contribution in [0.5, 0.6) is 0 Å². The van der Waals surface area contributed by atoms with E-state index in [0.29, 0.717) is 25.7 Å². The van der Waals surface area contributed by atoms with Crippen LogP contribution in [-0.4, -0.2) is 68.3 Å². The van der Waals surface area contributed by atoms with Gasteiger partial charge in [0.15, 0.2) is 0 Å². The second kappa shape index (κ2) is 10.9. The quantitative estimate of drug-likeness (QED) is 0.514. The van der Waals surface area contributed by atoms with Crippen LogP contribution in [0.3, 0.4) is 0 Å². The summed E-state index contributed by atoms with van der Waals surface area (Å²) in [6.07, 6.45) is 6.86. The van der Waals surface area contributed by atoms with E-state index in [1.165, 1.54) is 34.2 Å². The van der Waals surface area contributed by atoms with Crippen molar-refractivity contribution in [2.24, 2.45) is 0 Å². The summed E-state index contributed by atoms with van der Waals surface area (Å²) in [5, 5.41) is -0.190. The molecule has 1 unspecified atom stereocenters. The van der Waals surface area contributed by atoms with Gasteiger partial charge >= 0.3 is 0 Å². The SMILES string of the molecule is COCC1[C@@H](c2ccc(-c3cccc(C)c3C)cc2)[C@@H]2CN(S(=O)(=O)C3CCCCC3)CCCCN12. The zero-order valence-corrected chi connectivity index (χ0v) is 23.0. The van der Waals surface area contributed by atoms with Crippen molar-refractivity contribution in [3.05, 3.63) is 59.2 Å². The van der Waals surface area contributed by atoms with Gasteiger partial charge in [-0.1, -0.05) is 61.7 Å². The molecule has 2 aromatic rings. The van der Waals surface area contributed by atoms with E-state index < -0.39 is 10.0 Å². The van der Waals surface area contributed by atoms with E-state index in [0.717, 1.165) is 45.1 Å². The van der Waals surface area contributed by atoms with Crippen LogP contribution in [0.4, 0.5) is 0 Å². The molecule has 0 radical (unpaired) electrons. The first-order valence-corrected chi connectivity index (χ1v) is 15.3. The van der Waals surface area contributed by atoms with E-state index >= 15 is 0 Å². The van der Waals surface area contributed by atoms with Crippen molar-refractivity contribution in [3.8, 4) is 11.1 Å². The summed E-state index contributed by atoms with van der Waals surface area (Å²) in [5.41, 5.74) is 6.43. The Balaban J connectivity index is 1.41. The zero-order chi connectivity index (χ0) is 25.3. The summed E-state index contributed by atoms with van der Waals surface area (Å²) in [5.74, 6) is 0.278. The fourth-order valence-corrected chi connectivity index (χ4v) is 8.91. The molecular formula is C30H42N2O3S. The van der Waals surface area contributed by atoms with Gasteiger partial charge in [0.2, 0.25) is 10.0 Å². The third-order valence-corrected chi connectivity index (χ3v) is 11.4. The average Bonchev–Trinajstić information content (AvgIpc) is 2.87. The Labute approximate surface area is 217 Å². The van der Waals surface area contributed by atoms with Gasteiger partial charge in [0, 0.05) is 38.2 Å². The van der Waals surface area contributed by atoms with E-state index in [9.17, 15) is 8.42 Å². The van der Waals surface area contributed by atoms with Crippen LogP contribution in [0.15, 0.2) is 42.5 Å². The topological polar surface area (TPSA) is 49.9 Å². The van der Waals surface area contributed by atoms with Crippen molar-refractivity contribution in [2.75, 3.05) is 33.4 Å². The van der Waals surface area contributed by atoms with Crippen LogP contribution >= 0.6 is 0 Å². The summed E-state index contributed by atoms with van der Waals surface area (Å²) < 4.78 is 34.9. The highest BCUT2D eigenvalue weighted by molar-refractivity contribution is 7.89. The Bertz CT molecular complexity index is 1140. The van der Waals surface area contributed by atoms with Gasteiger partial charge in [0.1, 0.15) is 0 Å². The zero-order valence-electron chi connectivity index (χ0n) is 22.2. The normalized spacial score (nSPS) is 26.6. The number of hydrogen-bond donors (Lipinski definition) is 0. The van der Waals surface area contributed by atoms with Crippen LogP contribution < -0.4 is 0 Å². The summed E-state index contributed by atoms with van der Waals surface area (Å²) in [6, 6.07) is 16.0. The maximum absolute atomic E-state index is 13.7. The van der Waals surface area contributed by atoms with Gasteiger partial charge < -0.3 is 4.74 Å². The maximum atomic E-state index is 13.7. The number of fused-ring (bicyclic) bond motifs is 1. The molecule has 6 heteroatoms. The molecule has 1 saturated carbocycles. The molecule has 0 aromatic heterocycles. The predicted molar refractivity (Wildman–Crippen MR) is 147 cm³/mol. The molecule has 5 rings (SSSR count). The molecule has 0 amide bonds. The smallest absolute Gasteiger partial charge is 0.217 e. The largest absolute Gasteiger partial charge is 0.383 e. The molecule has 3 atom stereocenters. The third kappa shape index (κ3) is 4.90. The van der Waals surface area contributed by atoms with E-state index in [4.69, 9.17) is 4.74 Å². The highest BCUT2D eigenvalue weighted by atomic mass is 32.2. The molecular weight excluding hydrogens is 468 g/mol.